The summed E-state index contributed by atoms with van der Waals surface area (Å²) in [6.45, 7) is 1.96. The Bertz CT molecular complexity index is 1010. The third-order valence-electron chi connectivity index (χ3n) is 6.56. The Balaban J connectivity index is 1.71. The number of rotatable bonds is 6. The second-order valence-corrected chi connectivity index (χ2v) is 8.39. The molecule has 2 fully saturated rings. The van der Waals surface area contributed by atoms with Crippen LogP contribution in [0.2, 0.25) is 0 Å². The average Bonchev–Trinajstić information content (AvgIpc) is 3.53. The van der Waals surface area contributed by atoms with E-state index in [2.05, 4.69) is 0 Å². The highest BCUT2D eigenvalue weighted by Crippen LogP contribution is 2.44. The number of halogens is 1. The van der Waals surface area contributed by atoms with Crippen molar-refractivity contribution in [3.05, 3.63) is 53.3 Å². The monoisotopic (exact) mass is 456 g/mol. The molecule has 2 aromatic rings. The second kappa shape index (κ2) is 9.68. The molecule has 2 atom stereocenters. The van der Waals surface area contributed by atoms with E-state index >= 15 is 0 Å². The van der Waals surface area contributed by atoms with Crippen LogP contribution in [-0.2, 0) is 4.79 Å². The molecule has 0 spiro atoms. The Labute approximate surface area is 193 Å². The predicted molar refractivity (Wildman–Crippen MR) is 120 cm³/mol. The van der Waals surface area contributed by atoms with E-state index in [4.69, 9.17) is 14.2 Å². The molecule has 0 bridgehead atoms. The molecule has 2 saturated heterocycles. The van der Waals surface area contributed by atoms with Gasteiger partial charge in [-0.1, -0.05) is 12.1 Å². The number of carbonyl (C=O) groups is 2. The number of likely N-dealkylation sites (tertiary alicyclic amines) is 2. The SMILES string of the molecule is COc1cc(C2CN(C(=O)c3ccccc3F)CC2C(=O)N2CCCC2)cc(OC)c1OC. The molecule has 2 amide bonds. The van der Waals surface area contributed by atoms with Crippen molar-refractivity contribution in [1.29, 1.82) is 0 Å². The van der Waals surface area contributed by atoms with Crippen LogP contribution in [0.25, 0.3) is 0 Å². The van der Waals surface area contributed by atoms with Crippen LogP contribution in [0.3, 0.4) is 0 Å². The van der Waals surface area contributed by atoms with Crippen LogP contribution in [0.5, 0.6) is 17.2 Å². The molecule has 2 unspecified atom stereocenters. The number of hydrogen-bond acceptors (Lipinski definition) is 5. The number of benzene rings is 2. The molecular formula is C25H29FN2O5. The van der Waals surface area contributed by atoms with Crippen LogP contribution >= 0.6 is 0 Å². The second-order valence-electron chi connectivity index (χ2n) is 8.39. The molecule has 0 aliphatic carbocycles. The summed E-state index contributed by atoms with van der Waals surface area (Å²) in [7, 11) is 4.61. The highest BCUT2D eigenvalue weighted by molar-refractivity contribution is 5.95. The first-order chi connectivity index (χ1) is 16.0. The molecular weight excluding hydrogens is 427 g/mol. The normalized spacial score (nSPS) is 20.1. The topological polar surface area (TPSA) is 68.3 Å². The fourth-order valence-electron chi connectivity index (χ4n) is 4.85. The molecule has 2 heterocycles. The summed E-state index contributed by atoms with van der Waals surface area (Å²) in [6.07, 6.45) is 1.95. The maximum absolute atomic E-state index is 14.3. The molecule has 7 nitrogen and oxygen atoms in total. The van der Waals surface area contributed by atoms with Gasteiger partial charge in [0.2, 0.25) is 11.7 Å². The van der Waals surface area contributed by atoms with Crippen molar-refractivity contribution in [2.75, 3.05) is 47.5 Å². The van der Waals surface area contributed by atoms with Gasteiger partial charge in [0.15, 0.2) is 11.5 Å². The van der Waals surface area contributed by atoms with Gasteiger partial charge in [-0.15, -0.1) is 0 Å². The van der Waals surface area contributed by atoms with E-state index in [1.54, 1.807) is 17.0 Å². The van der Waals surface area contributed by atoms with Crippen molar-refractivity contribution in [2.24, 2.45) is 5.92 Å². The van der Waals surface area contributed by atoms with Gasteiger partial charge in [-0.2, -0.15) is 0 Å². The summed E-state index contributed by atoms with van der Waals surface area (Å²) < 4.78 is 30.8. The molecule has 2 aromatic carbocycles. The molecule has 33 heavy (non-hydrogen) atoms. The minimum absolute atomic E-state index is 0.00964. The lowest BCUT2D eigenvalue weighted by Gasteiger charge is -2.25. The van der Waals surface area contributed by atoms with Crippen LogP contribution < -0.4 is 14.2 Å². The van der Waals surface area contributed by atoms with Crippen molar-refractivity contribution in [3.63, 3.8) is 0 Å². The van der Waals surface area contributed by atoms with Gasteiger partial charge in [-0.3, -0.25) is 9.59 Å². The standard InChI is InChI=1S/C25H29FN2O5/c1-31-21-12-16(13-22(32-2)23(21)33-3)18-14-28(24(29)17-8-4-5-9-20(17)26)15-19(18)25(30)27-10-6-7-11-27/h4-5,8-9,12-13,18-19H,6-7,10-11,14-15H2,1-3H3. The molecule has 2 aliphatic rings. The summed E-state index contributed by atoms with van der Waals surface area (Å²) in [4.78, 5) is 30.1. The van der Waals surface area contributed by atoms with Gasteiger partial charge < -0.3 is 24.0 Å². The van der Waals surface area contributed by atoms with Crippen LogP contribution in [0.4, 0.5) is 4.39 Å². The lowest BCUT2D eigenvalue weighted by Crippen LogP contribution is -2.37. The summed E-state index contributed by atoms with van der Waals surface area (Å²) >= 11 is 0. The van der Waals surface area contributed by atoms with E-state index in [-0.39, 0.29) is 30.5 Å². The first-order valence-electron chi connectivity index (χ1n) is 11.1. The Morgan fingerprint density at radius 2 is 1.55 bits per heavy atom. The maximum atomic E-state index is 14.3. The van der Waals surface area contributed by atoms with Crippen molar-refractivity contribution >= 4 is 11.8 Å². The van der Waals surface area contributed by atoms with Gasteiger partial charge in [0.05, 0.1) is 32.8 Å². The summed E-state index contributed by atoms with van der Waals surface area (Å²) in [5.74, 6) is -0.262. The van der Waals surface area contributed by atoms with Gasteiger partial charge in [-0.25, -0.2) is 4.39 Å². The Hall–Kier alpha value is -3.29. The van der Waals surface area contributed by atoms with Crippen LogP contribution in [-0.4, -0.2) is 69.1 Å². The molecule has 0 saturated carbocycles. The zero-order valence-corrected chi connectivity index (χ0v) is 19.2. The number of nitrogens with zero attached hydrogens (tertiary/aromatic N) is 2. The minimum Gasteiger partial charge on any atom is -0.493 e. The largest absolute Gasteiger partial charge is 0.493 e. The third kappa shape index (κ3) is 4.34. The average molecular weight is 457 g/mol. The number of ether oxygens (including phenoxy) is 3. The summed E-state index contributed by atoms with van der Waals surface area (Å²) in [5, 5.41) is 0. The van der Waals surface area contributed by atoms with E-state index < -0.39 is 17.6 Å². The molecule has 0 aromatic heterocycles. The van der Waals surface area contributed by atoms with Crippen molar-refractivity contribution in [3.8, 4) is 17.2 Å². The highest BCUT2D eigenvalue weighted by atomic mass is 19.1. The minimum atomic E-state index is -0.568. The quantitative estimate of drug-likeness (QED) is 0.667. The maximum Gasteiger partial charge on any atom is 0.256 e. The summed E-state index contributed by atoms with van der Waals surface area (Å²) in [5.41, 5.74) is 0.821. The zero-order valence-electron chi connectivity index (χ0n) is 19.2. The first kappa shape index (κ1) is 22.9. The highest BCUT2D eigenvalue weighted by Gasteiger charge is 2.43. The Morgan fingerprint density at radius 1 is 0.909 bits per heavy atom. The Kier molecular flexibility index (Phi) is 6.72. The van der Waals surface area contributed by atoms with Gasteiger partial charge >= 0.3 is 0 Å². The Morgan fingerprint density at radius 3 is 2.12 bits per heavy atom. The third-order valence-corrected chi connectivity index (χ3v) is 6.56. The van der Waals surface area contributed by atoms with E-state index in [9.17, 15) is 14.0 Å². The molecule has 0 radical (unpaired) electrons. The fraction of sp³-hybridized carbons (Fsp3) is 0.440. The van der Waals surface area contributed by atoms with Gasteiger partial charge in [0.25, 0.3) is 5.91 Å². The van der Waals surface area contributed by atoms with Crippen LogP contribution in [0, 0.1) is 11.7 Å². The molecule has 8 heteroatoms. The van der Waals surface area contributed by atoms with Crippen molar-refractivity contribution in [1.82, 2.24) is 9.80 Å². The lowest BCUT2D eigenvalue weighted by atomic mass is 9.87. The molecule has 4 rings (SSSR count). The van der Waals surface area contributed by atoms with Crippen LogP contribution in [0.15, 0.2) is 36.4 Å². The first-order valence-corrected chi connectivity index (χ1v) is 11.1. The van der Waals surface area contributed by atoms with E-state index in [1.807, 2.05) is 17.0 Å². The van der Waals surface area contributed by atoms with Gasteiger partial charge in [0, 0.05) is 32.1 Å². The number of amides is 2. The predicted octanol–water partition coefficient (Wildman–Crippen LogP) is 3.33. The van der Waals surface area contributed by atoms with E-state index in [0.29, 0.717) is 17.2 Å². The lowest BCUT2D eigenvalue weighted by molar-refractivity contribution is -0.134. The number of methoxy groups -OCH3 is 3. The smallest absolute Gasteiger partial charge is 0.256 e. The van der Waals surface area contributed by atoms with Crippen molar-refractivity contribution in [2.45, 2.75) is 18.8 Å². The van der Waals surface area contributed by atoms with Gasteiger partial charge in [0.1, 0.15) is 5.82 Å². The summed E-state index contributed by atoms with van der Waals surface area (Å²) in [6, 6.07) is 9.58. The van der Waals surface area contributed by atoms with Gasteiger partial charge in [-0.05, 0) is 42.7 Å². The van der Waals surface area contributed by atoms with Crippen LogP contribution in [0.1, 0.15) is 34.7 Å². The number of carbonyl (C=O) groups excluding carboxylic acids is 2. The molecule has 2 aliphatic heterocycles. The number of hydrogen-bond donors (Lipinski definition) is 0. The van der Waals surface area contributed by atoms with E-state index in [0.717, 1.165) is 31.5 Å². The molecule has 0 N–H and O–H groups in total. The fourth-order valence-corrected chi connectivity index (χ4v) is 4.85. The zero-order chi connectivity index (χ0) is 23.5. The molecule has 176 valence electrons. The van der Waals surface area contributed by atoms with Crippen molar-refractivity contribution < 1.29 is 28.2 Å². The van der Waals surface area contributed by atoms with E-state index in [1.165, 1.54) is 33.5 Å².